The fourth-order valence-electron chi connectivity index (χ4n) is 2.43. The molecule has 5 nitrogen and oxygen atoms in total. The SMILES string of the molecule is CCOC(CNC(=O)C(N)C(CC)c1ccc(Cl)cc1)OCC. The van der Waals surface area contributed by atoms with E-state index in [1.54, 1.807) is 0 Å². The Morgan fingerprint density at radius 1 is 1.17 bits per heavy atom. The first kappa shape index (κ1) is 19.9. The van der Waals surface area contributed by atoms with Gasteiger partial charge in [-0.15, -0.1) is 0 Å². The van der Waals surface area contributed by atoms with Gasteiger partial charge in [-0.05, 0) is 38.0 Å². The Labute approximate surface area is 143 Å². The smallest absolute Gasteiger partial charge is 0.237 e. The minimum Gasteiger partial charge on any atom is -0.351 e. The van der Waals surface area contributed by atoms with E-state index in [9.17, 15) is 4.79 Å². The average Bonchev–Trinajstić information content (AvgIpc) is 2.55. The summed E-state index contributed by atoms with van der Waals surface area (Å²) in [5.41, 5.74) is 7.15. The first-order chi connectivity index (χ1) is 11.0. The summed E-state index contributed by atoms with van der Waals surface area (Å²) in [6.07, 6.45) is 0.313. The van der Waals surface area contributed by atoms with Gasteiger partial charge < -0.3 is 20.5 Å². The molecule has 0 spiro atoms. The van der Waals surface area contributed by atoms with E-state index in [1.165, 1.54) is 0 Å². The van der Waals surface area contributed by atoms with Gasteiger partial charge >= 0.3 is 0 Å². The number of benzene rings is 1. The van der Waals surface area contributed by atoms with E-state index < -0.39 is 12.3 Å². The molecule has 130 valence electrons. The molecule has 1 amide bonds. The molecule has 2 unspecified atom stereocenters. The Hall–Kier alpha value is -1.14. The van der Waals surface area contributed by atoms with Crippen molar-refractivity contribution in [2.45, 2.75) is 45.4 Å². The highest BCUT2D eigenvalue weighted by molar-refractivity contribution is 6.30. The van der Waals surface area contributed by atoms with Gasteiger partial charge in [0.25, 0.3) is 0 Å². The van der Waals surface area contributed by atoms with Crippen molar-refractivity contribution in [1.29, 1.82) is 0 Å². The van der Waals surface area contributed by atoms with Crippen molar-refractivity contribution in [2.75, 3.05) is 19.8 Å². The second kappa shape index (κ2) is 10.6. The highest BCUT2D eigenvalue weighted by atomic mass is 35.5. The molecule has 0 radical (unpaired) electrons. The molecule has 0 fully saturated rings. The van der Waals surface area contributed by atoms with Gasteiger partial charge in [0.2, 0.25) is 5.91 Å². The summed E-state index contributed by atoms with van der Waals surface area (Å²) in [7, 11) is 0. The van der Waals surface area contributed by atoms with Crippen LogP contribution >= 0.6 is 11.6 Å². The Morgan fingerprint density at radius 2 is 1.74 bits per heavy atom. The lowest BCUT2D eigenvalue weighted by atomic mass is 9.89. The minimum absolute atomic E-state index is 0.0649. The molecular weight excluding hydrogens is 316 g/mol. The third-order valence-corrected chi connectivity index (χ3v) is 3.87. The number of ether oxygens (including phenoxy) is 2. The maximum Gasteiger partial charge on any atom is 0.237 e. The van der Waals surface area contributed by atoms with Crippen LogP contribution in [0.2, 0.25) is 5.02 Å². The molecule has 0 aromatic heterocycles. The van der Waals surface area contributed by atoms with Crippen molar-refractivity contribution < 1.29 is 14.3 Å². The molecule has 23 heavy (non-hydrogen) atoms. The Bertz CT molecular complexity index is 461. The summed E-state index contributed by atoms with van der Waals surface area (Å²) >= 11 is 5.91. The van der Waals surface area contributed by atoms with Crippen LogP contribution in [0.4, 0.5) is 0 Å². The predicted molar refractivity (Wildman–Crippen MR) is 92.5 cm³/mol. The van der Waals surface area contributed by atoms with Gasteiger partial charge in [-0.1, -0.05) is 30.7 Å². The van der Waals surface area contributed by atoms with Crippen LogP contribution < -0.4 is 11.1 Å². The summed E-state index contributed by atoms with van der Waals surface area (Å²) in [5.74, 6) is -0.277. The molecule has 3 N–H and O–H groups in total. The third kappa shape index (κ3) is 6.47. The molecule has 1 aromatic rings. The van der Waals surface area contributed by atoms with E-state index in [4.69, 9.17) is 26.8 Å². The molecule has 0 saturated heterocycles. The number of halogens is 1. The van der Waals surface area contributed by atoms with Crippen LogP contribution in [-0.4, -0.2) is 38.0 Å². The summed E-state index contributed by atoms with van der Waals surface area (Å²) in [5, 5.41) is 3.47. The van der Waals surface area contributed by atoms with Crippen LogP contribution in [0, 0.1) is 0 Å². The topological polar surface area (TPSA) is 73.6 Å². The third-order valence-electron chi connectivity index (χ3n) is 3.62. The summed E-state index contributed by atoms with van der Waals surface area (Å²) in [4.78, 5) is 12.3. The van der Waals surface area contributed by atoms with Crippen LogP contribution in [-0.2, 0) is 14.3 Å². The lowest BCUT2D eigenvalue weighted by Crippen LogP contribution is -2.47. The molecule has 1 aromatic carbocycles. The van der Waals surface area contributed by atoms with Crippen LogP contribution in [0.1, 0.15) is 38.7 Å². The first-order valence-electron chi connectivity index (χ1n) is 8.05. The zero-order valence-electron chi connectivity index (χ0n) is 14.0. The molecule has 2 atom stereocenters. The van der Waals surface area contributed by atoms with E-state index in [1.807, 2.05) is 45.0 Å². The van der Waals surface area contributed by atoms with Gasteiger partial charge in [-0.3, -0.25) is 4.79 Å². The van der Waals surface area contributed by atoms with Crippen LogP contribution in [0.25, 0.3) is 0 Å². The fraction of sp³-hybridized carbons (Fsp3) is 0.588. The maximum atomic E-state index is 12.3. The highest BCUT2D eigenvalue weighted by Gasteiger charge is 2.25. The van der Waals surface area contributed by atoms with Crippen molar-refractivity contribution in [3.05, 3.63) is 34.9 Å². The van der Waals surface area contributed by atoms with Gasteiger partial charge in [-0.2, -0.15) is 0 Å². The lowest BCUT2D eigenvalue weighted by Gasteiger charge is -2.24. The van der Waals surface area contributed by atoms with E-state index in [0.717, 1.165) is 12.0 Å². The van der Waals surface area contributed by atoms with Crippen molar-refractivity contribution in [3.63, 3.8) is 0 Å². The van der Waals surface area contributed by atoms with Gasteiger partial charge in [0.15, 0.2) is 6.29 Å². The van der Waals surface area contributed by atoms with Gasteiger partial charge in [0.1, 0.15) is 0 Å². The Kier molecular flexibility index (Phi) is 9.17. The lowest BCUT2D eigenvalue weighted by molar-refractivity contribution is -0.141. The van der Waals surface area contributed by atoms with E-state index in [-0.39, 0.29) is 18.4 Å². The van der Waals surface area contributed by atoms with Crippen LogP contribution in [0.15, 0.2) is 24.3 Å². The first-order valence-corrected chi connectivity index (χ1v) is 8.43. The standard InChI is InChI=1S/C17H27ClN2O3/c1-4-14(12-7-9-13(18)10-8-12)16(19)17(21)20-11-15(22-5-2)23-6-3/h7-10,14-16H,4-6,11,19H2,1-3H3,(H,20,21). The molecule has 0 saturated carbocycles. The van der Waals surface area contributed by atoms with Gasteiger partial charge in [-0.25, -0.2) is 0 Å². The number of carbonyl (C=O) groups is 1. The normalized spacial score (nSPS) is 13.8. The number of hydrogen-bond acceptors (Lipinski definition) is 4. The number of amides is 1. The van der Waals surface area contributed by atoms with Gasteiger partial charge in [0.05, 0.1) is 12.6 Å². The fourth-order valence-corrected chi connectivity index (χ4v) is 2.56. The van der Waals surface area contributed by atoms with Crippen molar-refractivity contribution in [1.82, 2.24) is 5.32 Å². The zero-order valence-corrected chi connectivity index (χ0v) is 14.8. The summed E-state index contributed by atoms with van der Waals surface area (Å²) in [6, 6.07) is 6.80. The molecule has 0 heterocycles. The highest BCUT2D eigenvalue weighted by Crippen LogP contribution is 2.24. The zero-order chi connectivity index (χ0) is 17.2. The predicted octanol–water partition coefficient (Wildman–Crippen LogP) is 2.68. The second-order valence-electron chi connectivity index (χ2n) is 5.18. The van der Waals surface area contributed by atoms with Crippen LogP contribution in [0.5, 0.6) is 0 Å². The van der Waals surface area contributed by atoms with Crippen molar-refractivity contribution in [2.24, 2.45) is 5.73 Å². The van der Waals surface area contributed by atoms with E-state index in [2.05, 4.69) is 5.32 Å². The van der Waals surface area contributed by atoms with Crippen molar-refractivity contribution >= 4 is 17.5 Å². The number of hydrogen-bond donors (Lipinski definition) is 2. The molecule has 0 aliphatic heterocycles. The second-order valence-corrected chi connectivity index (χ2v) is 5.61. The van der Waals surface area contributed by atoms with E-state index in [0.29, 0.717) is 18.2 Å². The van der Waals surface area contributed by atoms with Crippen molar-refractivity contribution in [3.8, 4) is 0 Å². The molecule has 0 bridgehead atoms. The van der Waals surface area contributed by atoms with Crippen LogP contribution in [0.3, 0.4) is 0 Å². The largest absolute Gasteiger partial charge is 0.351 e. The molecule has 0 aliphatic carbocycles. The minimum atomic E-state index is -0.634. The number of carbonyl (C=O) groups excluding carboxylic acids is 1. The molecular formula is C17H27ClN2O3. The monoisotopic (exact) mass is 342 g/mol. The molecule has 0 aliphatic rings. The molecule has 6 heteroatoms. The Balaban J connectivity index is 2.64. The number of nitrogens with two attached hydrogens (primary N) is 1. The average molecular weight is 343 g/mol. The van der Waals surface area contributed by atoms with Gasteiger partial charge in [0, 0.05) is 24.2 Å². The summed E-state index contributed by atoms with van der Waals surface area (Å²) in [6.45, 7) is 7.10. The van der Waals surface area contributed by atoms with E-state index >= 15 is 0 Å². The maximum absolute atomic E-state index is 12.3. The molecule has 1 rings (SSSR count). The number of rotatable bonds is 10. The quantitative estimate of drug-likeness (QED) is 0.641. The summed E-state index contributed by atoms with van der Waals surface area (Å²) < 4.78 is 10.8. The Morgan fingerprint density at radius 3 is 2.22 bits per heavy atom. The number of nitrogens with one attached hydrogen (secondary N) is 1.